The zero-order valence-electron chi connectivity index (χ0n) is 14.6. The summed E-state index contributed by atoms with van der Waals surface area (Å²) < 4.78 is 11.4. The second-order valence-corrected chi connectivity index (χ2v) is 5.83. The average Bonchev–Trinajstić information content (AvgIpc) is 3.07. The maximum Gasteiger partial charge on any atom is 0.298 e. The third-order valence-electron chi connectivity index (χ3n) is 4.23. The molecule has 8 nitrogen and oxygen atoms in total. The quantitative estimate of drug-likeness (QED) is 0.542. The topological polar surface area (TPSA) is 102 Å². The van der Waals surface area contributed by atoms with E-state index in [4.69, 9.17) is 9.47 Å². The van der Waals surface area contributed by atoms with Crippen LogP contribution in [0.5, 0.6) is 17.2 Å². The Morgan fingerprint density at radius 2 is 2.04 bits per heavy atom. The molecule has 8 heteroatoms. The highest BCUT2D eigenvalue weighted by Gasteiger charge is 2.11. The number of H-pyrrole nitrogens is 1. The van der Waals surface area contributed by atoms with E-state index in [1.165, 1.54) is 25.7 Å². The summed E-state index contributed by atoms with van der Waals surface area (Å²) in [4.78, 5) is 20.2. The number of phenols is 1. The molecule has 0 aliphatic carbocycles. The lowest BCUT2D eigenvalue weighted by Crippen LogP contribution is -2.17. The van der Waals surface area contributed by atoms with Crippen LogP contribution in [0.3, 0.4) is 0 Å². The predicted octanol–water partition coefficient (Wildman–Crippen LogP) is 2.48. The molecule has 2 heterocycles. The van der Waals surface area contributed by atoms with Crippen LogP contribution in [0.1, 0.15) is 5.56 Å². The predicted molar refractivity (Wildman–Crippen MR) is 102 cm³/mol. The Morgan fingerprint density at radius 3 is 2.81 bits per heavy atom. The first-order valence-corrected chi connectivity index (χ1v) is 8.09. The fraction of sp³-hybridized carbons (Fsp3) is 0.105. The Hall–Kier alpha value is -3.81. The minimum absolute atomic E-state index is 0.0309. The lowest BCUT2D eigenvalue weighted by atomic mass is 10.2. The zero-order chi connectivity index (χ0) is 19.0. The lowest BCUT2D eigenvalue weighted by Gasteiger charge is -2.03. The van der Waals surface area contributed by atoms with Crippen molar-refractivity contribution in [3.05, 3.63) is 58.6 Å². The minimum Gasteiger partial charge on any atom is -0.504 e. The van der Waals surface area contributed by atoms with Crippen LogP contribution in [-0.2, 0) is 0 Å². The highest BCUT2D eigenvalue weighted by Crippen LogP contribution is 2.26. The van der Waals surface area contributed by atoms with Gasteiger partial charge in [-0.1, -0.05) is 0 Å². The number of methoxy groups -OCH3 is 2. The Kier molecular flexibility index (Phi) is 4.00. The van der Waals surface area contributed by atoms with Gasteiger partial charge in [0.1, 0.15) is 23.1 Å². The fourth-order valence-corrected chi connectivity index (χ4v) is 2.84. The SMILES string of the molecule is COc1ccc2[nH]c3c(=O)n(/N=C\c4ccc(O)c(OC)c4)cnc3c2c1. The number of benzene rings is 2. The number of phenolic OH excluding ortho intramolecular Hbond substituents is 1. The van der Waals surface area contributed by atoms with Crippen molar-refractivity contribution in [3.63, 3.8) is 0 Å². The second-order valence-electron chi connectivity index (χ2n) is 5.83. The number of ether oxygens (including phenoxy) is 2. The molecule has 0 radical (unpaired) electrons. The molecule has 0 spiro atoms. The lowest BCUT2D eigenvalue weighted by molar-refractivity contribution is 0.373. The molecule has 4 aromatic rings. The molecule has 0 saturated heterocycles. The molecule has 27 heavy (non-hydrogen) atoms. The molecule has 0 unspecified atom stereocenters. The van der Waals surface area contributed by atoms with Crippen molar-refractivity contribution >= 4 is 28.2 Å². The van der Waals surface area contributed by atoms with Crippen LogP contribution in [0.4, 0.5) is 0 Å². The Balaban J connectivity index is 1.78. The number of hydrogen-bond acceptors (Lipinski definition) is 6. The largest absolute Gasteiger partial charge is 0.504 e. The molecule has 0 aliphatic rings. The highest BCUT2D eigenvalue weighted by atomic mass is 16.5. The van der Waals surface area contributed by atoms with Gasteiger partial charge in [-0.15, -0.1) is 0 Å². The van der Waals surface area contributed by atoms with Gasteiger partial charge < -0.3 is 19.6 Å². The van der Waals surface area contributed by atoms with E-state index < -0.39 is 0 Å². The summed E-state index contributed by atoms with van der Waals surface area (Å²) in [5.41, 5.74) is 2.06. The third-order valence-corrected chi connectivity index (χ3v) is 4.23. The third kappa shape index (κ3) is 2.86. The number of hydrogen-bond donors (Lipinski definition) is 2. The molecule has 0 fully saturated rings. The van der Waals surface area contributed by atoms with Crippen LogP contribution in [0.2, 0.25) is 0 Å². The maximum atomic E-state index is 12.7. The molecule has 0 amide bonds. The van der Waals surface area contributed by atoms with E-state index in [-0.39, 0.29) is 11.3 Å². The van der Waals surface area contributed by atoms with Crippen LogP contribution in [-0.4, -0.2) is 40.2 Å². The van der Waals surface area contributed by atoms with Crippen molar-refractivity contribution in [2.75, 3.05) is 14.2 Å². The molecule has 136 valence electrons. The van der Waals surface area contributed by atoms with Crippen LogP contribution < -0.4 is 15.0 Å². The van der Waals surface area contributed by atoms with Gasteiger partial charge in [-0.05, 0) is 42.0 Å². The van der Waals surface area contributed by atoms with Crippen LogP contribution >= 0.6 is 0 Å². The molecule has 2 aromatic heterocycles. The number of nitrogens with one attached hydrogen (secondary N) is 1. The number of nitrogens with zero attached hydrogens (tertiary/aromatic N) is 3. The van der Waals surface area contributed by atoms with Gasteiger partial charge in [0.2, 0.25) is 0 Å². The van der Waals surface area contributed by atoms with Crippen LogP contribution in [0.25, 0.3) is 21.9 Å². The Morgan fingerprint density at radius 1 is 1.19 bits per heavy atom. The molecular weight excluding hydrogens is 348 g/mol. The first-order valence-electron chi connectivity index (χ1n) is 8.09. The molecule has 0 bridgehead atoms. The Labute approximate surface area is 153 Å². The number of rotatable bonds is 4. The summed E-state index contributed by atoms with van der Waals surface area (Å²) in [6.45, 7) is 0. The van der Waals surface area contributed by atoms with Gasteiger partial charge in [0.25, 0.3) is 5.56 Å². The summed E-state index contributed by atoms with van der Waals surface area (Å²) in [5.74, 6) is 1.04. The molecule has 0 saturated carbocycles. The average molecular weight is 364 g/mol. The van der Waals surface area contributed by atoms with E-state index in [0.717, 1.165) is 15.6 Å². The van der Waals surface area contributed by atoms with Crippen molar-refractivity contribution in [3.8, 4) is 17.2 Å². The van der Waals surface area contributed by atoms with Gasteiger partial charge in [0, 0.05) is 10.9 Å². The standard InChI is InChI=1S/C19H16N4O4/c1-26-12-4-5-14-13(8-12)17-18(22-14)19(25)23(10-20-17)21-9-11-3-6-15(24)16(7-11)27-2/h3-10,22,24H,1-2H3/b21-9-. The van der Waals surface area contributed by atoms with Gasteiger partial charge in [-0.3, -0.25) is 4.79 Å². The first kappa shape index (κ1) is 16.6. The van der Waals surface area contributed by atoms with Crippen LogP contribution in [0.15, 0.2) is 52.6 Å². The van der Waals surface area contributed by atoms with E-state index in [2.05, 4.69) is 15.1 Å². The van der Waals surface area contributed by atoms with Crippen molar-refractivity contribution in [1.82, 2.24) is 14.6 Å². The summed E-state index contributed by atoms with van der Waals surface area (Å²) >= 11 is 0. The molecule has 2 aromatic carbocycles. The summed E-state index contributed by atoms with van der Waals surface area (Å²) in [6, 6.07) is 10.3. The van der Waals surface area contributed by atoms with E-state index in [1.807, 2.05) is 18.2 Å². The van der Waals surface area contributed by atoms with E-state index in [1.54, 1.807) is 19.2 Å². The number of fused-ring (bicyclic) bond motifs is 3. The van der Waals surface area contributed by atoms with Crippen molar-refractivity contribution in [1.29, 1.82) is 0 Å². The fourth-order valence-electron chi connectivity index (χ4n) is 2.84. The van der Waals surface area contributed by atoms with E-state index >= 15 is 0 Å². The molecule has 4 rings (SSSR count). The number of aromatic nitrogens is 3. The maximum absolute atomic E-state index is 12.7. The van der Waals surface area contributed by atoms with E-state index in [0.29, 0.717) is 28.1 Å². The minimum atomic E-state index is -0.322. The van der Waals surface area contributed by atoms with E-state index in [9.17, 15) is 9.90 Å². The summed E-state index contributed by atoms with van der Waals surface area (Å²) in [5, 5.41) is 14.6. The van der Waals surface area contributed by atoms with Crippen molar-refractivity contribution in [2.24, 2.45) is 5.10 Å². The van der Waals surface area contributed by atoms with Crippen molar-refractivity contribution < 1.29 is 14.6 Å². The van der Waals surface area contributed by atoms with Crippen molar-refractivity contribution in [2.45, 2.75) is 0 Å². The molecule has 0 aliphatic heterocycles. The van der Waals surface area contributed by atoms with Crippen LogP contribution in [0, 0.1) is 0 Å². The Bertz CT molecular complexity index is 1240. The highest BCUT2D eigenvalue weighted by molar-refractivity contribution is 6.04. The molecular formula is C19H16N4O4. The van der Waals surface area contributed by atoms with Gasteiger partial charge in [0.15, 0.2) is 11.5 Å². The van der Waals surface area contributed by atoms with Gasteiger partial charge in [-0.2, -0.15) is 9.78 Å². The molecule has 0 atom stereocenters. The smallest absolute Gasteiger partial charge is 0.298 e. The second kappa shape index (κ2) is 6.49. The monoisotopic (exact) mass is 364 g/mol. The summed E-state index contributed by atoms with van der Waals surface area (Å²) in [7, 11) is 3.05. The first-order chi connectivity index (χ1) is 13.1. The molecule has 2 N–H and O–H groups in total. The van der Waals surface area contributed by atoms with Gasteiger partial charge in [-0.25, -0.2) is 4.98 Å². The summed E-state index contributed by atoms with van der Waals surface area (Å²) in [6.07, 6.45) is 2.86. The number of aromatic amines is 1. The number of aromatic hydroxyl groups is 1. The normalized spacial score (nSPS) is 11.5. The van der Waals surface area contributed by atoms with Gasteiger partial charge >= 0.3 is 0 Å². The zero-order valence-corrected chi connectivity index (χ0v) is 14.6. The van der Waals surface area contributed by atoms with Gasteiger partial charge in [0.05, 0.1) is 20.4 Å².